The fraction of sp³-hybridized carbons (Fsp3) is 0.538. The van der Waals surface area contributed by atoms with Gasteiger partial charge in [-0.15, -0.1) is 0 Å². The first kappa shape index (κ1) is 12.8. The molecule has 0 saturated carbocycles. The van der Waals surface area contributed by atoms with E-state index in [1.165, 1.54) is 4.90 Å². The Hall–Kier alpha value is -2.18. The van der Waals surface area contributed by atoms with E-state index in [1.807, 2.05) is 13.0 Å². The van der Waals surface area contributed by atoms with Crippen molar-refractivity contribution in [3.05, 3.63) is 24.2 Å². The summed E-state index contributed by atoms with van der Waals surface area (Å²) in [5.74, 6) is 0.736. The van der Waals surface area contributed by atoms with Crippen molar-refractivity contribution in [2.24, 2.45) is 5.92 Å². The van der Waals surface area contributed by atoms with Crippen LogP contribution in [0.15, 0.2) is 22.8 Å². The summed E-state index contributed by atoms with van der Waals surface area (Å²) in [6.07, 6.45) is 1.26. The van der Waals surface area contributed by atoms with Gasteiger partial charge in [0.25, 0.3) is 0 Å². The predicted octanol–water partition coefficient (Wildman–Crippen LogP) is 0.961. The molecule has 2 N–H and O–H groups in total. The van der Waals surface area contributed by atoms with Crippen molar-refractivity contribution in [1.29, 1.82) is 0 Å². The standard InChI is InChI=1S/C13H18N4O3/c1-7-9-10(8-5-4-6-20-8)16(2)13(19)15-11(9)17(3)12(18)14-7/h4-7,9-11H,1-3H3,(H,14,18)(H,15,19)/t7-,9-,10-,11+/m1/s1. The van der Waals surface area contributed by atoms with Crippen molar-refractivity contribution >= 4 is 12.1 Å². The molecule has 108 valence electrons. The van der Waals surface area contributed by atoms with Gasteiger partial charge in [0.05, 0.1) is 12.3 Å². The Labute approximate surface area is 116 Å². The number of furan rings is 1. The monoisotopic (exact) mass is 278 g/mol. The molecule has 7 nitrogen and oxygen atoms in total. The Morgan fingerprint density at radius 3 is 2.50 bits per heavy atom. The van der Waals surface area contributed by atoms with Gasteiger partial charge in [-0.25, -0.2) is 9.59 Å². The summed E-state index contributed by atoms with van der Waals surface area (Å²) < 4.78 is 5.50. The van der Waals surface area contributed by atoms with Crippen molar-refractivity contribution in [3.63, 3.8) is 0 Å². The van der Waals surface area contributed by atoms with Crippen LogP contribution in [0.4, 0.5) is 9.59 Å². The summed E-state index contributed by atoms with van der Waals surface area (Å²) in [5, 5.41) is 5.80. The highest BCUT2D eigenvalue weighted by molar-refractivity contribution is 5.80. The van der Waals surface area contributed by atoms with Crippen LogP contribution in [0.2, 0.25) is 0 Å². The van der Waals surface area contributed by atoms with Crippen LogP contribution in [0.25, 0.3) is 0 Å². The summed E-state index contributed by atoms with van der Waals surface area (Å²) in [5.41, 5.74) is 0. The number of hydrogen-bond acceptors (Lipinski definition) is 3. The van der Waals surface area contributed by atoms with Crippen LogP contribution in [-0.4, -0.2) is 48.2 Å². The average Bonchev–Trinajstić information content (AvgIpc) is 2.92. The zero-order valence-corrected chi connectivity index (χ0v) is 11.7. The SMILES string of the molecule is C[C@H]1NC(=O)N(C)[C@@H]2NC(=O)N(C)[C@H](c3ccco3)[C@H]21. The van der Waals surface area contributed by atoms with Gasteiger partial charge in [-0.05, 0) is 19.1 Å². The third-order valence-electron chi connectivity index (χ3n) is 4.24. The fourth-order valence-corrected chi connectivity index (χ4v) is 3.14. The first-order valence-electron chi connectivity index (χ1n) is 6.60. The molecular formula is C13H18N4O3. The molecule has 0 unspecified atom stereocenters. The zero-order chi connectivity index (χ0) is 14.4. The second kappa shape index (κ2) is 4.43. The summed E-state index contributed by atoms with van der Waals surface area (Å²) in [7, 11) is 3.42. The quantitative estimate of drug-likeness (QED) is 0.803. The molecule has 2 aliphatic heterocycles. The summed E-state index contributed by atoms with van der Waals surface area (Å²) in [6, 6.07) is 3.01. The van der Waals surface area contributed by atoms with E-state index < -0.39 is 0 Å². The summed E-state index contributed by atoms with van der Waals surface area (Å²) in [6.45, 7) is 1.95. The van der Waals surface area contributed by atoms with E-state index in [4.69, 9.17) is 4.42 Å². The zero-order valence-electron chi connectivity index (χ0n) is 11.7. The molecular weight excluding hydrogens is 260 g/mol. The molecule has 1 aromatic heterocycles. The Bertz CT molecular complexity index is 530. The van der Waals surface area contributed by atoms with E-state index in [1.54, 1.807) is 31.3 Å². The third-order valence-corrected chi connectivity index (χ3v) is 4.24. The number of nitrogens with zero attached hydrogens (tertiary/aromatic N) is 2. The van der Waals surface area contributed by atoms with E-state index in [0.29, 0.717) is 0 Å². The minimum Gasteiger partial charge on any atom is -0.467 e. The molecule has 0 aromatic carbocycles. The lowest BCUT2D eigenvalue weighted by Gasteiger charge is -2.51. The van der Waals surface area contributed by atoms with Gasteiger partial charge in [-0.2, -0.15) is 0 Å². The molecule has 20 heavy (non-hydrogen) atoms. The maximum absolute atomic E-state index is 12.1. The van der Waals surface area contributed by atoms with Crippen LogP contribution in [0.1, 0.15) is 18.7 Å². The number of hydrogen-bond donors (Lipinski definition) is 2. The van der Waals surface area contributed by atoms with Gasteiger partial charge in [0.2, 0.25) is 0 Å². The number of carbonyl (C=O) groups is 2. The average molecular weight is 278 g/mol. The molecule has 4 amide bonds. The Balaban J connectivity index is 2.02. The van der Waals surface area contributed by atoms with Crippen LogP contribution in [0.5, 0.6) is 0 Å². The lowest BCUT2D eigenvalue weighted by atomic mass is 9.83. The Morgan fingerprint density at radius 2 is 1.85 bits per heavy atom. The van der Waals surface area contributed by atoms with Crippen LogP contribution >= 0.6 is 0 Å². The molecule has 1 aromatic rings. The number of urea groups is 2. The van der Waals surface area contributed by atoms with Crippen LogP contribution in [0, 0.1) is 5.92 Å². The Morgan fingerprint density at radius 1 is 1.15 bits per heavy atom. The molecule has 4 atom stereocenters. The number of amides is 4. The molecule has 0 spiro atoms. The lowest BCUT2D eigenvalue weighted by molar-refractivity contribution is 0.0175. The first-order valence-corrected chi connectivity index (χ1v) is 6.60. The number of nitrogens with one attached hydrogen (secondary N) is 2. The minimum atomic E-state index is -0.336. The smallest absolute Gasteiger partial charge is 0.319 e. The molecule has 2 fully saturated rings. The van der Waals surface area contributed by atoms with E-state index in [0.717, 1.165) is 5.76 Å². The van der Waals surface area contributed by atoms with Crippen molar-refractivity contribution in [2.75, 3.05) is 14.1 Å². The Kier molecular flexibility index (Phi) is 2.84. The number of fused-ring (bicyclic) bond motifs is 1. The van der Waals surface area contributed by atoms with Gasteiger partial charge >= 0.3 is 12.1 Å². The van der Waals surface area contributed by atoms with Crippen molar-refractivity contribution in [2.45, 2.75) is 25.2 Å². The van der Waals surface area contributed by atoms with Gasteiger partial charge in [0, 0.05) is 26.1 Å². The molecule has 0 bridgehead atoms. The predicted molar refractivity (Wildman–Crippen MR) is 70.8 cm³/mol. The molecule has 0 aliphatic carbocycles. The van der Waals surface area contributed by atoms with Crippen LogP contribution in [0.3, 0.4) is 0 Å². The van der Waals surface area contributed by atoms with Crippen molar-refractivity contribution in [1.82, 2.24) is 20.4 Å². The lowest BCUT2D eigenvalue weighted by Crippen LogP contribution is -2.71. The maximum atomic E-state index is 12.1. The number of carbonyl (C=O) groups excluding carboxylic acids is 2. The fourth-order valence-electron chi connectivity index (χ4n) is 3.14. The van der Waals surface area contributed by atoms with Crippen molar-refractivity contribution in [3.8, 4) is 0 Å². The summed E-state index contributed by atoms with van der Waals surface area (Å²) >= 11 is 0. The van der Waals surface area contributed by atoms with E-state index in [9.17, 15) is 9.59 Å². The normalized spacial score (nSPS) is 33.5. The van der Waals surface area contributed by atoms with Gasteiger partial charge in [-0.3, -0.25) is 0 Å². The van der Waals surface area contributed by atoms with Gasteiger partial charge in [-0.1, -0.05) is 0 Å². The van der Waals surface area contributed by atoms with E-state index in [-0.39, 0.29) is 36.2 Å². The number of rotatable bonds is 1. The van der Waals surface area contributed by atoms with Gasteiger partial charge in [0.15, 0.2) is 0 Å². The molecule has 3 heterocycles. The highest BCUT2D eigenvalue weighted by atomic mass is 16.3. The molecule has 2 aliphatic rings. The highest BCUT2D eigenvalue weighted by Crippen LogP contribution is 2.38. The highest BCUT2D eigenvalue weighted by Gasteiger charge is 2.50. The van der Waals surface area contributed by atoms with Crippen molar-refractivity contribution < 1.29 is 14.0 Å². The molecule has 7 heteroatoms. The van der Waals surface area contributed by atoms with Crippen LogP contribution < -0.4 is 10.6 Å². The van der Waals surface area contributed by atoms with E-state index >= 15 is 0 Å². The van der Waals surface area contributed by atoms with Gasteiger partial charge in [0.1, 0.15) is 11.9 Å². The second-order valence-electron chi connectivity index (χ2n) is 5.39. The molecule has 2 saturated heterocycles. The topological polar surface area (TPSA) is 77.8 Å². The summed E-state index contributed by atoms with van der Waals surface area (Å²) in [4.78, 5) is 27.2. The second-order valence-corrected chi connectivity index (χ2v) is 5.39. The molecule has 0 radical (unpaired) electrons. The third kappa shape index (κ3) is 1.73. The minimum absolute atomic E-state index is 0.00606. The van der Waals surface area contributed by atoms with Crippen LogP contribution in [-0.2, 0) is 0 Å². The van der Waals surface area contributed by atoms with E-state index in [2.05, 4.69) is 10.6 Å². The van der Waals surface area contributed by atoms with Gasteiger partial charge < -0.3 is 24.9 Å². The largest absolute Gasteiger partial charge is 0.467 e. The first-order chi connectivity index (χ1) is 9.50. The maximum Gasteiger partial charge on any atom is 0.319 e. The molecule has 3 rings (SSSR count).